The van der Waals surface area contributed by atoms with Crippen LogP contribution in [0.25, 0.3) is 11.3 Å². The van der Waals surface area contributed by atoms with Gasteiger partial charge in [0.2, 0.25) is 0 Å². The molecule has 3 rings (SSSR count). The fourth-order valence-corrected chi connectivity index (χ4v) is 2.93. The van der Waals surface area contributed by atoms with Crippen LogP contribution in [0.1, 0.15) is 10.5 Å². The predicted octanol–water partition coefficient (Wildman–Crippen LogP) is 3.07. The van der Waals surface area contributed by atoms with Crippen molar-refractivity contribution in [1.82, 2.24) is 14.8 Å². The van der Waals surface area contributed by atoms with E-state index >= 15 is 0 Å². The van der Waals surface area contributed by atoms with E-state index in [1.807, 2.05) is 0 Å². The van der Waals surface area contributed by atoms with E-state index in [-0.39, 0.29) is 5.69 Å². The summed E-state index contributed by atoms with van der Waals surface area (Å²) in [6.07, 6.45) is 1.62. The molecule has 0 aliphatic rings. The monoisotopic (exact) mass is 403 g/mol. The third kappa shape index (κ3) is 3.68. The van der Waals surface area contributed by atoms with Crippen LogP contribution in [0.2, 0.25) is 0 Å². The maximum absolute atomic E-state index is 13.9. The van der Waals surface area contributed by atoms with Crippen molar-refractivity contribution in [2.45, 2.75) is 0 Å². The molecule has 0 unspecified atom stereocenters. The van der Waals surface area contributed by atoms with Gasteiger partial charge < -0.3 is 20.1 Å². The molecule has 0 aliphatic carbocycles. The van der Waals surface area contributed by atoms with Crippen LogP contribution in [0.3, 0.4) is 0 Å². The van der Waals surface area contributed by atoms with Crippen LogP contribution < -0.4 is 20.1 Å². The molecule has 1 amide bonds. The summed E-state index contributed by atoms with van der Waals surface area (Å²) in [6, 6.07) is 5.20. The number of benzene rings is 1. The van der Waals surface area contributed by atoms with Gasteiger partial charge in [-0.25, -0.2) is 8.78 Å². The number of amides is 1. The van der Waals surface area contributed by atoms with E-state index in [1.165, 1.54) is 18.9 Å². The lowest BCUT2D eigenvalue weighted by Gasteiger charge is -2.13. The van der Waals surface area contributed by atoms with Gasteiger partial charge in [0, 0.05) is 19.7 Å². The zero-order chi connectivity index (χ0) is 21.1. The summed E-state index contributed by atoms with van der Waals surface area (Å²) in [6.45, 7) is 0. The quantitative estimate of drug-likeness (QED) is 0.658. The van der Waals surface area contributed by atoms with Gasteiger partial charge in [-0.15, -0.1) is 0 Å². The fourth-order valence-electron chi connectivity index (χ4n) is 2.93. The largest absolute Gasteiger partial charge is 0.497 e. The molecule has 0 atom stereocenters. The molecule has 1 aromatic carbocycles. The van der Waals surface area contributed by atoms with Gasteiger partial charge in [0.25, 0.3) is 5.91 Å². The Bertz CT molecular complexity index is 1050. The van der Waals surface area contributed by atoms with Crippen molar-refractivity contribution in [2.75, 3.05) is 31.9 Å². The van der Waals surface area contributed by atoms with Crippen LogP contribution >= 0.6 is 0 Å². The van der Waals surface area contributed by atoms with Crippen molar-refractivity contribution in [3.63, 3.8) is 0 Å². The van der Waals surface area contributed by atoms with Crippen LogP contribution in [-0.4, -0.2) is 41.9 Å². The molecule has 2 N–H and O–H groups in total. The summed E-state index contributed by atoms with van der Waals surface area (Å²) in [4.78, 5) is 16.1. The number of nitrogens with zero attached hydrogens (tertiary/aromatic N) is 3. The summed E-state index contributed by atoms with van der Waals surface area (Å²) < 4.78 is 39.9. The number of hydrogen-bond donors (Lipinski definition) is 2. The minimum atomic E-state index is -0.991. The van der Waals surface area contributed by atoms with E-state index < -0.39 is 23.2 Å². The minimum absolute atomic E-state index is 0.0505. The van der Waals surface area contributed by atoms with Crippen molar-refractivity contribution < 1.29 is 23.0 Å². The summed E-state index contributed by atoms with van der Waals surface area (Å²) in [5.41, 5.74) is 0.853. The molecule has 0 spiro atoms. The highest BCUT2D eigenvalue weighted by atomic mass is 19.1. The van der Waals surface area contributed by atoms with E-state index in [0.717, 1.165) is 12.4 Å². The SMILES string of the molecule is CNc1c(C(=O)Nc2c(F)cncc2F)nn(C)c1-c1cc(OC)ccc1OC. The first-order chi connectivity index (χ1) is 13.9. The second kappa shape index (κ2) is 8.13. The molecule has 0 fully saturated rings. The van der Waals surface area contributed by atoms with Crippen molar-refractivity contribution in [3.8, 4) is 22.8 Å². The van der Waals surface area contributed by atoms with E-state index in [4.69, 9.17) is 9.47 Å². The number of rotatable bonds is 6. The Kier molecular flexibility index (Phi) is 5.62. The molecule has 0 saturated heterocycles. The van der Waals surface area contributed by atoms with Crippen LogP contribution in [0.4, 0.5) is 20.2 Å². The number of nitrogens with one attached hydrogen (secondary N) is 2. The van der Waals surface area contributed by atoms with Crippen LogP contribution in [0.5, 0.6) is 11.5 Å². The second-order valence-corrected chi connectivity index (χ2v) is 5.94. The normalized spacial score (nSPS) is 10.6. The summed E-state index contributed by atoms with van der Waals surface area (Å²) in [5, 5.41) is 9.37. The molecular formula is C19H19F2N5O3. The number of carbonyl (C=O) groups is 1. The average molecular weight is 403 g/mol. The molecule has 10 heteroatoms. The van der Waals surface area contributed by atoms with Gasteiger partial charge in [0.15, 0.2) is 17.3 Å². The Labute approximate surface area is 165 Å². The van der Waals surface area contributed by atoms with Crippen LogP contribution in [-0.2, 0) is 7.05 Å². The average Bonchev–Trinajstić information content (AvgIpc) is 3.06. The summed E-state index contributed by atoms with van der Waals surface area (Å²) >= 11 is 0. The van der Waals surface area contributed by atoms with Crippen molar-refractivity contribution in [3.05, 3.63) is 47.9 Å². The molecule has 0 radical (unpaired) electrons. The molecule has 3 aromatic rings. The fraction of sp³-hybridized carbons (Fsp3) is 0.211. The predicted molar refractivity (Wildman–Crippen MR) is 103 cm³/mol. The third-order valence-electron chi connectivity index (χ3n) is 4.27. The number of ether oxygens (including phenoxy) is 2. The Morgan fingerprint density at radius 3 is 2.38 bits per heavy atom. The number of carbonyl (C=O) groups excluding carboxylic acids is 1. The molecular weight excluding hydrogens is 384 g/mol. The minimum Gasteiger partial charge on any atom is -0.497 e. The molecule has 0 saturated carbocycles. The van der Waals surface area contributed by atoms with Crippen LogP contribution in [0, 0.1) is 11.6 Å². The first-order valence-corrected chi connectivity index (χ1v) is 8.48. The summed E-state index contributed by atoms with van der Waals surface area (Å²) in [7, 11) is 6.30. The number of aromatic nitrogens is 3. The first kappa shape index (κ1) is 20.1. The standard InChI is InChI=1S/C19H19F2N5O3/c1-22-16-17(19(27)24-15-12(20)8-23-9-13(15)21)25-26(2)18(16)11-7-10(28-3)5-6-14(11)29-4/h5-9,22H,1-4H3,(H,23,24,27). The van der Waals surface area contributed by atoms with E-state index in [0.29, 0.717) is 28.4 Å². The topological polar surface area (TPSA) is 90.3 Å². The Balaban J connectivity index is 2.09. The third-order valence-corrected chi connectivity index (χ3v) is 4.27. The molecule has 8 nitrogen and oxygen atoms in total. The van der Waals surface area contributed by atoms with Gasteiger partial charge in [0.05, 0.1) is 38.0 Å². The van der Waals surface area contributed by atoms with Gasteiger partial charge in [-0.3, -0.25) is 14.5 Å². The second-order valence-electron chi connectivity index (χ2n) is 5.94. The Hall–Kier alpha value is -3.69. The lowest BCUT2D eigenvalue weighted by atomic mass is 10.1. The highest BCUT2D eigenvalue weighted by molar-refractivity contribution is 6.08. The van der Waals surface area contributed by atoms with Crippen LogP contribution in [0.15, 0.2) is 30.6 Å². The molecule has 152 valence electrons. The van der Waals surface area contributed by atoms with Crippen molar-refractivity contribution >= 4 is 17.3 Å². The van der Waals surface area contributed by atoms with E-state index in [2.05, 4.69) is 20.7 Å². The maximum Gasteiger partial charge on any atom is 0.278 e. The number of methoxy groups -OCH3 is 2. The maximum atomic E-state index is 13.9. The lowest BCUT2D eigenvalue weighted by molar-refractivity contribution is 0.102. The van der Waals surface area contributed by atoms with E-state index in [9.17, 15) is 13.6 Å². The van der Waals surface area contributed by atoms with Crippen molar-refractivity contribution in [2.24, 2.45) is 7.05 Å². The van der Waals surface area contributed by atoms with Gasteiger partial charge >= 0.3 is 0 Å². The number of anilines is 2. The molecule has 2 heterocycles. The van der Waals surface area contributed by atoms with Gasteiger partial charge in [-0.1, -0.05) is 0 Å². The highest BCUT2D eigenvalue weighted by Gasteiger charge is 2.26. The smallest absolute Gasteiger partial charge is 0.278 e. The number of hydrogen-bond acceptors (Lipinski definition) is 6. The first-order valence-electron chi connectivity index (χ1n) is 8.48. The lowest BCUT2D eigenvalue weighted by Crippen LogP contribution is -2.16. The Morgan fingerprint density at radius 2 is 1.79 bits per heavy atom. The number of aryl methyl sites for hydroxylation is 1. The molecule has 29 heavy (non-hydrogen) atoms. The zero-order valence-corrected chi connectivity index (χ0v) is 16.2. The zero-order valence-electron chi connectivity index (χ0n) is 16.2. The van der Waals surface area contributed by atoms with E-state index in [1.54, 1.807) is 32.3 Å². The number of pyridine rings is 1. The van der Waals surface area contributed by atoms with Gasteiger partial charge in [-0.2, -0.15) is 5.10 Å². The Morgan fingerprint density at radius 1 is 1.10 bits per heavy atom. The molecule has 0 aliphatic heterocycles. The van der Waals surface area contributed by atoms with Gasteiger partial charge in [-0.05, 0) is 18.2 Å². The van der Waals surface area contributed by atoms with Gasteiger partial charge in [0.1, 0.15) is 17.2 Å². The highest BCUT2D eigenvalue weighted by Crippen LogP contribution is 2.39. The van der Waals surface area contributed by atoms with Crippen molar-refractivity contribution in [1.29, 1.82) is 0 Å². The summed E-state index contributed by atoms with van der Waals surface area (Å²) in [5.74, 6) is -1.66. The molecule has 2 aromatic heterocycles. The number of halogens is 2. The molecule has 0 bridgehead atoms.